The van der Waals surface area contributed by atoms with Crippen molar-refractivity contribution in [3.63, 3.8) is 0 Å². The Labute approximate surface area is 190 Å². The maximum atomic E-state index is 13.7. The zero-order valence-electron chi connectivity index (χ0n) is 16.8. The Balaban J connectivity index is 1.81. The summed E-state index contributed by atoms with van der Waals surface area (Å²) in [6.07, 6.45) is 1.52. The summed E-state index contributed by atoms with van der Waals surface area (Å²) in [4.78, 5) is 35.3. The molecular weight excluding hydrogens is 455 g/mol. The van der Waals surface area contributed by atoms with Gasteiger partial charge < -0.3 is 10.2 Å². The van der Waals surface area contributed by atoms with E-state index < -0.39 is 34.6 Å². The van der Waals surface area contributed by atoms with Crippen molar-refractivity contribution in [1.82, 2.24) is 19.1 Å². The molecule has 0 spiro atoms. The zero-order chi connectivity index (χ0) is 22.4. The summed E-state index contributed by atoms with van der Waals surface area (Å²) >= 11 is 2.74. The predicted molar refractivity (Wildman–Crippen MR) is 118 cm³/mol. The fourth-order valence-corrected chi connectivity index (χ4v) is 5.98. The van der Waals surface area contributed by atoms with E-state index in [4.69, 9.17) is 0 Å². The van der Waals surface area contributed by atoms with Gasteiger partial charge >= 0.3 is 0 Å². The topological polar surface area (TPSA) is 110 Å². The van der Waals surface area contributed by atoms with E-state index in [2.05, 4.69) is 9.97 Å². The molecule has 4 heterocycles. The molecule has 1 aromatic carbocycles. The molecule has 2 aliphatic rings. The Hall–Kier alpha value is -2.79. The van der Waals surface area contributed by atoms with Crippen LogP contribution in [0.4, 0.5) is 4.39 Å². The van der Waals surface area contributed by atoms with Crippen LogP contribution in [0.2, 0.25) is 0 Å². The molecule has 5 rings (SSSR count). The SMILES string of the molecule is O=c1c(C(c2ccc(F)cc2)c2c(O)nc3n(c2=O)CCCS3)c(O)nc2n1CCCS2. The molecule has 0 atom stereocenters. The number of halogens is 1. The second kappa shape index (κ2) is 8.28. The lowest BCUT2D eigenvalue weighted by Gasteiger charge is -2.24. The molecule has 0 aliphatic carbocycles. The monoisotopic (exact) mass is 474 g/mol. The standard InChI is InChI=1S/C21H19FN4O4S2/c22-12-5-3-11(4-6-12)13(14-16(27)23-20-25(18(14)29)7-1-9-31-20)15-17(28)24-21-26(19(15)30)8-2-10-32-21/h3-6,13,27-28H,1-2,7-10H2. The summed E-state index contributed by atoms with van der Waals surface area (Å²) in [5.41, 5.74) is -0.903. The van der Waals surface area contributed by atoms with Gasteiger partial charge in [-0.25, -0.2) is 4.39 Å². The maximum absolute atomic E-state index is 13.7. The molecule has 2 aliphatic heterocycles. The summed E-state index contributed by atoms with van der Waals surface area (Å²) in [5, 5.41) is 22.4. The molecular formula is C21H19FN4O4S2. The summed E-state index contributed by atoms with van der Waals surface area (Å²) in [6.45, 7) is 0.864. The first-order valence-electron chi connectivity index (χ1n) is 10.1. The smallest absolute Gasteiger partial charge is 0.262 e. The third-order valence-electron chi connectivity index (χ3n) is 5.59. The van der Waals surface area contributed by atoms with Crippen LogP contribution in [-0.2, 0) is 13.1 Å². The van der Waals surface area contributed by atoms with Crippen LogP contribution in [0, 0.1) is 5.82 Å². The second-order valence-electron chi connectivity index (χ2n) is 7.57. The number of benzene rings is 1. The molecule has 2 N–H and O–H groups in total. The summed E-state index contributed by atoms with van der Waals surface area (Å²) in [6, 6.07) is 5.26. The highest BCUT2D eigenvalue weighted by Crippen LogP contribution is 2.38. The Morgan fingerprint density at radius 2 is 1.31 bits per heavy atom. The minimum absolute atomic E-state index is 0.138. The van der Waals surface area contributed by atoms with Crippen molar-refractivity contribution in [1.29, 1.82) is 0 Å². The minimum atomic E-state index is -1.16. The first-order valence-corrected chi connectivity index (χ1v) is 12.1. The number of thioether (sulfide) groups is 2. The average molecular weight is 475 g/mol. The van der Waals surface area contributed by atoms with Crippen LogP contribution in [0.1, 0.15) is 35.4 Å². The van der Waals surface area contributed by atoms with Gasteiger partial charge in [0.05, 0.1) is 17.0 Å². The van der Waals surface area contributed by atoms with Crippen LogP contribution in [0.3, 0.4) is 0 Å². The fourth-order valence-electron chi connectivity index (χ4n) is 4.10. The fraction of sp³-hybridized carbons (Fsp3) is 0.333. The number of nitrogens with zero attached hydrogens (tertiary/aromatic N) is 4. The maximum Gasteiger partial charge on any atom is 0.262 e. The molecule has 2 aromatic heterocycles. The lowest BCUT2D eigenvalue weighted by atomic mass is 9.86. The van der Waals surface area contributed by atoms with Crippen molar-refractivity contribution in [2.75, 3.05) is 11.5 Å². The van der Waals surface area contributed by atoms with Crippen molar-refractivity contribution in [3.05, 3.63) is 67.5 Å². The molecule has 0 radical (unpaired) electrons. The van der Waals surface area contributed by atoms with Crippen LogP contribution in [0.5, 0.6) is 11.8 Å². The van der Waals surface area contributed by atoms with Crippen LogP contribution in [0.15, 0.2) is 44.2 Å². The van der Waals surface area contributed by atoms with Crippen LogP contribution in [0.25, 0.3) is 0 Å². The van der Waals surface area contributed by atoms with Crippen LogP contribution < -0.4 is 11.1 Å². The van der Waals surface area contributed by atoms with Gasteiger partial charge in [0.15, 0.2) is 10.3 Å². The molecule has 0 amide bonds. The van der Waals surface area contributed by atoms with Gasteiger partial charge in [-0.3, -0.25) is 18.7 Å². The van der Waals surface area contributed by atoms with Crippen molar-refractivity contribution >= 4 is 23.5 Å². The third-order valence-corrected chi connectivity index (χ3v) is 7.72. The van der Waals surface area contributed by atoms with Crippen LogP contribution >= 0.6 is 23.5 Å². The quantitative estimate of drug-likeness (QED) is 0.558. The van der Waals surface area contributed by atoms with E-state index in [-0.39, 0.29) is 11.1 Å². The van der Waals surface area contributed by atoms with E-state index >= 15 is 0 Å². The van der Waals surface area contributed by atoms with Crippen LogP contribution in [-0.4, -0.2) is 40.8 Å². The molecule has 0 unspecified atom stereocenters. The van der Waals surface area contributed by atoms with Gasteiger partial charge in [0.25, 0.3) is 11.1 Å². The Bertz CT molecular complexity index is 1240. The molecule has 3 aromatic rings. The van der Waals surface area contributed by atoms with E-state index in [1.807, 2.05) is 0 Å². The zero-order valence-corrected chi connectivity index (χ0v) is 18.5. The first kappa shape index (κ1) is 21.1. The predicted octanol–water partition coefficient (Wildman–Crippen LogP) is 2.52. The molecule has 32 heavy (non-hydrogen) atoms. The Kier molecular flexibility index (Phi) is 5.46. The Morgan fingerprint density at radius 1 is 0.844 bits per heavy atom. The van der Waals surface area contributed by atoms with Crippen molar-refractivity contribution in [2.45, 2.75) is 42.2 Å². The first-order chi connectivity index (χ1) is 15.5. The number of hydrogen-bond donors (Lipinski definition) is 2. The highest BCUT2D eigenvalue weighted by Gasteiger charge is 2.34. The molecule has 11 heteroatoms. The normalized spacial score (nSPS) is 15.4. The van der Waals surface area contributed by atoms with Gasteiger partial charge in [-0.2, -0.15) is 9.97 Å². The highest BCUT2D eigenvalue weighted by atomic mass is 32.2. The molecule has 0 bridgehead atoms. The molecule has 0 saturated carbocycles. The van der Waals surface area contributed by atoms with Crippen molar-refractivity contribution in [2.24, 2.45) is 0 Å². The number of hydrogen-bond acceptors (Lipinski definition) is 8. The van der Waals surface area contributed by atoms with Crippen molar-refractivity contribution < 1.29 is 14.6 Å². The lowest BCUT2D eigenvalue weighted by molar-refractivity contribution is 0.406. The number of aromatic hydroxyl groups is 2. The second-order valence-corrected chi connectivity index (χ2v) is 9.69. The summed E-state index contributed by atoms with van der Waals surface area (Å²) < 4.78 is 16.6. The van der Waals surface area contributed by atoms with Gasteiger partial charge in [0, 0.05) is 24.6 Å². The number of aromatic nitrogens is 4. The van der Waals surface area contributed by atoms with Crippen molar-refractivity contribution in [3.8, 4) is 11.8 Å². The highest BCUT2D eigenvalue weighted by molar-refractivity contribution is 7.99. The van der Waals surface area contributed by atoms with Gasteiger partial charge in [0.2, 0.25) is 11.8 Å². The lowest BCUT2D eigenvalue weighted by Crippen LogP contribution is -2.35. The van der Waals surface area contributed by atoms with Gasteiger partial charge in [-0.15, -0.1) is 0 Å². The van der Waals surface area contributed by atoms with Gasteiger partial charge in [-0.05, 0) is 30.5 Å². The summed E-state index contributed by atoms with van der Waals surface area (Å²) in [7, 11) is 0. The van der Waals surface area contributed by atoms with Gasteiger partial charge in [-0.1, -0.05) is 35.7 Å². The minimum Gasteiger partial charge on any atom is -0.493 e. The molecule has 8 nitrogen and oxygen atoms in total. The van der Waals surface area contributed by atoms with Gasteiger partial charge in [0.1, 0.15) is 5.82 Å². The summed E-state index contributed by atoms with van der Waals surface area (Å²) in [5.74, 6) is -1.12. The number of fused-ring (bicyclic) bond motifs is 2. The third kappa shape index (κ3) is 3.49. The molecule has 166 valence electrons. The van der Waals surface area contributed by atoms with E-state index in [9.17, 15) is 24.2 Å². The van der Waals surface area contributed by atoms with E-state index in [0.717, 1.165) is 24.3 Å². The Morgan fingerprint density at radius 3 is 1.78 bits per heavy atom. The largest absolute Gasteiger partial charge is 0.493 e. The van der Waals surface area contributed by atoms with E-state index in [1.165, 1.54) is 56.9 Å². The van der Waals surface area contributed by atoms with E-state index in [1.54, 1.807) is 0 Å². The van der Waals surface area contributed by atoms with E-state index in [0.29, 0.717) is 29.0 Å². The number of rotatable bonds is 3. The average Bonchev–Trinajstić information content (AvgIpc) is 2.78. The molecule has 0 saturated heterocycles. The molecule has 0 fully saturated rings.